The molecule has 1 fully saturated rings. The molecule has 0 radical (unpaired) electrons. The summed E-state index contributed by atoms with van der Waals surface area (Å²) in [4.78, 5) is 4.15. The van der Waals surface area contributed by atoms with Crippen molar-refractivity contribution < 1.29 is 0 Å². The van der Waals surface area contributed by atoms with E-state index in [0.29, 0.717) is 0 Å². The normalized spacial score (nSPS) is 16.7. The summed E-state index contributed by atoms with van der Waals surface area (Å²) in [5, 5.41) is 6.54. The van der Waals surface area contributed by atoms with Gasteiger partial charge in [0.25, 0.3) is 0 Å². The molecule has 0 unspecified atom stereocenters. The van der Waals surface area contributed by atoms with Crippen molar-refractivity contribution in [1.29, 1.82) is 0 Å². The van der Waals surface area contributed by atoms with Crippen molar-refractivity contribution >= 4 is 29.9 Å². The Hall–Kier alpha value is 0. The molecule has 0 saturated heterocycles. The van der Waals surface area contributed by atoms with Crippen LogP contribution in [0.25, 0.3) is 0 Å². The number of hydrogen-bond donors (Lipinski definition) is 2. The lowest BCUT2D eigenvalue weighted by atomic mass is 10.0. The minimum absolute atomic E-state index is 0. The number of unbranched alkanes of at least 4 members (excludes halogenated alkanes) is 1. The maximum absolute atomic E-state index is 4.15. The Morgan fingerprint density at radius 1 is 1.18 bits per heavy atom. The molecule has 4 heteroatoms. The third-order valence-electron chi connectivity index (χ3n) is 3.37. The fourth-order valence-corrected chi connectivity index (χ4v) is 2.45. The van der Waals surface area contributed by atoms with Gasteiger partial charge in [-0.2, -0.15) is 0 Å². The Morgan fingerprint density at radius 3 is 2.47 bits per heavy atom. The standard InChI is InChI=1S/C13H27N3.HI/c1-3-15-13(14-2)16-11-7-6-10-12-8-4-5-9-12;/h12H,3-11H2,1-2H3,(H2,14,15,16);1H. The molecular weight excluding hydrogens is 325 g/mol. The van der Waals surface area contributed by atoms with Crippen LogP contribution in [-0.4, -0.2) is 26.1 Å². The molecule has 2 N–H and O–H groups in total. The maximum atomic E-state index is 4.15. The number of guanidine groups is 1. The zero-order valence-corrected chi connectivity index (χ0v) is 13.6. The number of halogens is 1. The largest absolute Gasteiger partial charge is 0.357 e. The van der Waals surface area contributed by atoms with Gasteiger partial charge in [0.15, 0.2) is 5.96 Å². The Kier molecular flexibility index (Phi) is 11.1. The number of nitrogens with one attached hydrogen (secondary N) is 2. The molecule has 0 heterocycles. The highest BCUT2D eigenvalue weighted by Crippen LogP contribution is 2.28. The van der Waals surface area contributed by atoms with Gasteiger partial charge in [0, 0.05) is 20.1 Å². The molecule has 0 aliphatic heterocycles. The van der Waals surface area contributed by atoms with E-state index in [2.05, 4.69) is 22.5 Å². The second-order valence-corrected chi connectivity index (χ2v) is 4.68. The summed E-state index contributed by atoms with van der Waals surface area (Å²) < 4.78 is 0. The fourth-order valence-electron chi connectivity index (χ4n) is 2.45. The molecule has 1 aliphatic carbocycles. The fraction of sp³-hybridized carbons (Fsp3) is 0.923. The van der Waals surface area contributed by atoms with Gasteiger partial charge in [-0.15, -0.1) is 24.0 Å². The quantitative estimate of drug-likeness (QED) is 0.333. The molecule has 102 valence electrons. The predicted octanol–water partition coefficient (Wildman–Crippen LogP) is 3.15. The highest BCUT2D eigenvalue weighted by Gasteiger charge is 2.13. The topological polar surface area (TPSA) is 36.4 Å². The van der Waals surface area contributed by atoms with E-state index < -0.39 is 0 Å². The molecule has 0 amide bonds. The summed E-state index contributed by atoms with van der Waals surface area (Å²) in [6.07, 6.45) is 9.95. The lowest BCUT2D eigenvalue weighted by molar-refractivity contribution is 0.472. The van der Waals surface area contributed by atoms with Gasteiger partial charge >= 0.3 is 0 Å². The van der Waals surface area contributed by atoms with Crippen LogP contribution in [0.2, 0.25) is 0 Å². The Balaban J connectivity index is 0.00000256. The minimum atomic E-state index is 0. The van der Waals surface area contributed by atoms with Crippen molar-refractivity contribution in [3.63, 3.8) is 0 Å². The van der Waals surface area contributed by atoms with Crippen molar-refractivity contribution in [3.8, 4) is 0 Å². The van der Waals surface area contributed by atoms with Crippen molar-refractivity contribution in [1.82, 2.24) is 10.6 Å². The van der Waals surface area contributed by atoms with Crippen LogP contribution in [0.1, 0.15) is 51.9 Å². The van der Waals surface area contributed by atoms with Gasteiger partial charge in [-0.3, -0.25) is 4.99 Å². The van der Waals surface area contributed by atoms with Gasteiger partial charge in [0.1, 0.15) is 0 Å². The van der Waals surface area contributed by atoms with E-state index in [4.69, 9.17) is 0 Å². The van der Waals surface area contributed by atoms with Crippen molar-refractivity contribution in [3.05, 3.63) is 0 Å². The minimum Gasteiger partial charge on any atom is -0.357 e. The zero-order chi connectivity index (χ0) is 11.6. The molecule has 17 heavy (non-hydrogen) atoms. The number of rotatable bonds is 6. The van der Waals surface area contributed by atoms with E-state index in [1.165, 1.54) is 44.9 Å². The molecule has 0 atom stereocenters. The summed E-state index contributed by atoms with van der Waals surface area (Å²) in [5.74, 6) is 1.97. The first-order valence-corrected chi connectivity index (χ1v) is 6.81. The monoisotopic (exact) mass is 353 g/mol. The lowest BCUT2D eigenvalue weighted by Gasteiger charge is -2.11. The van der Waals surface area contributed by atoms with Crippen LogP contribution in [0.5, 0.6) is 0 Å². The molecule has 1 aliphatic rings. The predicted molar refractivity (Wildman–Crippen MR) is 86.3 cm³/mol. The maximum Gasteiger partial charge on any atom is 0.190 e. The third kappa shape index (κ3) is 7.84. The molecule has 1 rings (SSSR count). The van der Waals surface area contributed by atoms with Gasteiger partial charge in [-0.25, -0.2) is 0 Å². The van der Waals surface area contributed by atoms with Gasteiger partial charge in [0.2, 0.25) is 0 Å². The summed E-state index contributed by atoms with van der Waals surface area (Å²) in [6, 6.07) is 0. The van der Waals surface area contributed by atoms with Gasteiger partial charge in [-0.1, -0.05) is 38.5 Å². The van der Waals surface area contributed by atoms with Gasteiger partial charge < -0.3 is 10.6 Å². The van der Waals surface area contributed by atoms with Crippen molar-refractivity contribution in [2.75, 3.05) is 20.1 Å². The number of nitrogens with zero attached hydrogens (tertiary/aromatic N) is 1. The number of aliphatic imine (C=N–C) groups is 1. The molecule has 0 aromatic carbocycles. The molecule has 0 spiro atoms. The third-order valence-corrected chi connectivity index (χ3v) is 3.37. The van der Waals surface area contributed by atoms with E-state index in [-0.39, 0.29) is 24.0 Å². The first-order valence-electron chi connectivity index (χ1n) is 6.81. The molecule has 0 aromatic rings. The molecular formula is C13H28IN3. The van der Waals surface area contributed by atoms with E-state index in [0.717, 1.165) is 25.0 Å². The first-order chi connectivity index (χ1) is 7.86. The Morgan fingerprint density at radius 2 is 1.88 bits per heavy atom. The zero-order valence-electron chi connectivity index (χ0n) is 11.3. The molecule has 1 saturated carbocycles. The highest BCUT2D eigenvalue weighted by atomic mass is 127. The van der Waals surface area contributed by atoms with Crippen LogP contribution in [0.4, 0.5) is 0 Å². The highest BCUT2D eigenvalue weighted by molar-refractivity contribution is 14.0. The summed E-state index contributed by atoms with van der Waals surface area (Å²) in [7, 11) is 1.82. The van der Waals surface area contributed by atoms with Crippen LogP contribution < -0.4 is 10.6 Å². The summed E-state index contributed by atoms with van der Waals surface area (Å²) in [6.45, 7) is 4.07. The number of hydrogen-bond acceptors (Lipinski definition) is 1. The smallest absolute Gasteiger partial charge is 0.190 e. The Labute approximate surface area is 123 Å². The second-order valence-electron chi connectivity index (χ2n) is 4.68. The SMILES string of the molecule is CCNC(=NC)NCCCCC1CCCC1.I. The van der Waals surface area contributed by atoms with E-state index in [1.807, 2.05) is 7.05 Å². The van der Waals surface area contributed by atoms with Crippen LogP contribution >= 0.6 is 24.0 Å². The van der Waals surface area contributed by atoms with Crippen LogP contribution in [0, 0.1) is 5.92 Å². The van der Waals surface area contributed by atoms with E-state index in [9.17, 15) is 0 Å². The van der Waals surface area contributed by atoms with Crippen LogP contribution in [0.15, 0.2) is 4.99 Å². The van der Waals surface area contributed by atoms with E-state index >= 15 is 0 Å². The molecule has 0 aromatic heterocycles. The first kappa shape index (κ1) is 17.0. The second kappa shape index (κ2) is 11.1. The van der Waals surface area contributed by atoms with Crippen LogP contribution in [-0.2, 0) is 0 Å². The van der Waals surface area contributed by atoms with Crippen molar-refractivity contribution in [2.24, 2.45) is 10.9 Å². The van der Waals surface area contributed by atoms with Gasteiger partial charge in [-0.05, 0) is 19.3 Å². The van der Waals surface area contributed by atoms with Crippen molar-refractivity contribution in [2.45, 2.75) is 51.9 Å². The molecule has 0 bridgehead atoms. The lowest BCUT2D eigenvalue weighted by Crippen LogP contribution is -2.37. The average Bonchev–Trinajstić information content (AvgIpc) is 2.80. The molecule has 3 nitrogen and oxygen atoms in total. The van der Waals surface area contributed by atoms with E-state index in [1.54, 1.807) is 0 Å². The Bertz CT molecular complexity index is 201. The van der Waals surface area contributed by atoms with Gasteiger partial charge in [0.05, 0.1) is 0 Å². The average molecular weight is 353 g/mol. The van der Waals surface area contributed by atoms with Crippen LogP contribution in [0.3, 0.4) is 0 Å². The summed E-state index contributed by atoms with van der Waals surface area (Å²) in [5.41, 5.74) is 0. The summed E-state index contributed by atoms with van der Waals surface area (Å²) >= 11 is 0.